The highest BCUT2D eigenvalue weighted by Gasteiger charge is 2.32. The molecule has 0 unspecified atom stereocenters. The predicted octanol–water partition coefficient (Wildman–Crippen LogP) is 7.95. The first kappa shape index (κ1) is 26.8. The number of aliphatic imine (C=N–C) groups is 1. The fourth-order valence-electron chi connectivity index (χ4n) is 3.40. The summed E-state index contributed by atoms with van der Waals surface area (Å²) >= 11 is 15.5. The van der Waals surface area contributed by atoms with E-state index < -0.39 is 0 Å². The molecule has 4 rings (SSSR count). The molecule has 3 aromatic carbocycles. The number of ether oxygens (including phenoxy) is 2. The van der Waals surface area contributed by atoms with Crippen LogP contribution in [0.5, 0.6) is 11.5 Å². The van der Waals surface area contributed by atoms with Crippen LogP contribution >= 0.6 is 57.6 Å². The minimum atomic E-state index is -0.338. The van der Waals surface area contributed by atoms with Crippen LogP contribution < -0.4 is 9.47 Å². The van der Waals surface area contributed by atoms with Gasteiger partial charge in [0.05, 0.1) is 31.3 Å². The van der Waals surface area contributed by atoms with Crippen molar-refractivity contribution in [3.63, 3.8) is 0 Å². The van der Waals surface area contributed by atoms with E-state index in [1.165, 1.54) is 23.9 Å². The first-order valence-electron chi connectivity index (χ1n) is 10.8. The lowest BCUT2D eigenvalue weighted by Gasteiger charge is -2.14. The molecule has 1 fully saturated rings. The van der Waals surface area contributed by atoms with E-state index in [4.69, 9.17) is 32.7 Å². The molecule has 0 aliphatic carbocycles. The van der Waals surface area contributed by atoms with E-state index in [0.717, 1.165) is 14.7 Å². The van der Waals surface area contributed by atoms with Crippen LogP contribution in [0.4, 0.5) is 10.1 Å². The number of methoxy groups -OCH3 is 1. The van der Waals surface area contributed by atoms with Crippen molar-refractivity contribution in [2.24, 2.45) is 4.99 Å². The molecule has 1 saturated heterocycles. The summed E-state index contributed by atoms with van der Waals surface area (Å²) in [5, 5.41) is 1.49. The largest absolute Gasteiger partial charge is 0.493 e. The van der Waals surface area contributed by atoms with Gasteiger partial charge in [0, 0.05) is 6.54 Å². The Labute approximate surface area is 236 Å². The van der Waals surface area contributed by atoms with Gasteiger partial charge in [0.2, 0.25) is 0 Å². The van der Waals surface area contributed by atoms with E-state index in [0.29, 0.717) is 43.8 Å². The Hall–Kier alpha value is -2.27. The minimum absolute atomic E-state index is 0.141. The van der Waals surface area contributed by atoms with Gasteiger partial charge in [-0.2, -0.15) is 0 Å². The lowest BCUT2D eigenvalue weighted by molar-refractivity contribution is -0.122. The molecule has 1 aliphatic heterocycles. The maximum atomic E-state index is 13.2. The first-order valence-corrected chi connectivity index (χ1v) is 13.4. The van der Waals surface area contributed by atoms with Crippen LogP contribution in [0.3, 0.4) is 0 Å². The van der Waals surface area contributed by atoms with Gasteiger partial charge in [-0.25, -0.2) is 9.38 Å². The summed E-state index contributed by atoms with van der Waals surface area (Å²) in [6.07, 6.45) is 1.80. The van der Waals surface area contributed by atoms with Crippen LogP contribution in [-0.4, -0.2) is 29.6 Å². The van der Waals surface area contributed by atoms with Crippen molar-refractivity contribution in [3.8, 4) is 11.5 Å². The zero-order chi connectivity index (χ0) is 25.8. The van der Waals surface area contributed by atoms with Crippen LogP contribution in [0.1, 0.15) is 18.1 Å². The van der Waals surface area contributed by atoms with Crippen LogP contribution in [0.2, 0.25) is 10.0 Å². The van der Waals surface area contributed by atoms with E-state index >= 15 is 0 Å². The summed E-state index contributed by atoms with van der Waals surface area (Å²) in [5.74, 6) is 0.648. The summed E-state index contributed by atoms with van der Waals surface area (Å²) in [6.45, 7) is 2.63. The SMILES string of the molecule is CCN1C(=O)/C(=C\c2cc(I)c(OCc3ccc(Cl)c(Cl)c3)c(OC)c2)SC1=Nc1ccc(F)cc1. The smallest absolute Gasteiger partial charge is 0.266 e. The fourth-order valence-corrected chi connectivity index (χ4v) is 5.56. The number of thioether (sulfide) groups is 1. The van der Waals surface area contributed by atoms with Crippen molar-refractivity contribution in [1.82, 2.24) is 4.90 Å². The quantitative estimate of drug-likeness (QED) is 0.191. The molecule has 1 amide bonds. The van der Waals surface area contributed by atoms with E-state index in [1.807, 2.05) is 25.1 Å². The molecular formula is C26H20Cl2FIN2O3S. The van der Waals surface area contributed by atoms with E-state index in [2.05, 4.69) is 27.6 Å². The number of benzene rings is 3. The molecule has 5 nitrogen and oxygen atoms in total. The highest BCUT2D eigenvalue weighted by molar-refractivity contribution is 14.1. The Morgan fingerprint density at radius 1 is 1.11 bits per heavy atom. The molecule has 0 saturated carbocycles. The molecule has 1 aliphatic rings. The Kier molecular flexibility index (Phi) is 8.82. The first-order chi connectivity index (χ1) is 17.3. The van der Waals surface area contributed by atoms with Crippen molar-refractivity contribution in [1.29, 1.82) is 0 Å². The van der Waals surface area contributed by atoms with Gasteiger partial charge in [0.1, 0.15) is 12.4 Å². The van der Waals surface area contributed by atoms with Gasteiger partial charge in [-0.05, 0) is 107 Å². The van der Waals surface area contributed by atoms with Gasteiger partial charge in [-0.3, -0.25) is 9.69 Å². The molecule has 3 aromatic rings. The van der Waals surface area contributed by atoms with Gasteiger partial charge in [0.15, 0.2) is 16.7 Å². The van der Waals surface area contributed by atoms with Crippen molar-refractivity contribution in [3.05, 3.63) is 90.1 Å². The third-order valence-corrected chi connectivity index (χ3v) is 7.72. The number of amidine groups is 1. The molecule has 0 aromatic heterocycles. The monoisotopic (exact) mass is 656 g/mol. The Balaban J connectivity index is 1.58. The third-order valence-electron chi connectivity index (χ3n) is 5.17. The van der Waals surface area contributed by atoms with Gasteiger partial charge < -0.3 is 9.47 Å². The van der Waals surface area contributed by atoms with Crippen molar-refractivity contribution in [2.75, 3.05) is 13.7 Å². The number of nitrogens with zero attached hydrogens (tertiary/aromatic N) is 2. The van der Waals surface area contributed by atoms with Crippen LogP contribution in [0.25, 0.3) is 6.08 Å². The molecule has 0 bridgehead atoms. The average molecular weight is 657 g/mol. The number of amides is 1. The number of carbonyl (C=O) groups excluding carboxylic acids is 1. The molecule has 10 heteroatoms. The number of carbonyl (C=O) groups is 1. The zero-order valence-corrected chi connectivity index (χ0v) is 23.7. The molecule has 36 heavy (non-hydrogen) atoms. The van der Waals surface area contributed by atoms with Gasteiger partial charge in [-0.15, -0.1) is 0 Å². The summed E-state index contributed by atoms with van der Waals surface area (Å²) in [7, 11) is 1.57. The van der Waals surface area contributed by atoms with Crippen molar-refractivity contribution < 1.29 is 18.7 Å². The number of rotatable bonds is 7. The maximum absolute atomic E-state index is 13.2. The molecule has 0 radical (unpaired) electrons. The summed E-state index contributed by atoms with van der Waals surface area (Å²) in [5.41, 5.74) is 2.23. The Morgan fingerprint density at radius 3 is 2.53 bits per heavy atom. The Morgan fingerprint density at radius 2 is 1.86 bits per heavy atom. The summed E-state index contributed by atoms with van der Waals surface area (Å²) in [6, 6.07) is 14.9. The Bertz CT molecular complexity index is 1370. The zero-order valence-electron chi connectivity index (χ0n) is 19.2. The highest BCUT2D eigenvalue weighted by atomic mass is 127. The second-order valence-corrected chi connectivity index (χ2v) is 10.6. The lowest BCUT2D eigenvalue weighted by atomic mass is 10.1. The predicted molar refractivity (Wildman–Crippen MR) is 153 cm³/mol. The number of hydrogen-bond donors (Lipinski definition) is 0. The van der Waals surface area contributed by atoms with Crippen LogP contribution in [0.15, 0.2) is 64.5 Å². The normalized spacial score (nSPS) is 15.7. The van der Waals surface area contributed by atoms with Gasteiger partial charge in [-0.1, -0.05) is 29.3 Å². The molecule has 186 valence electrons. The third kappa shape index (κ3) is 6.16. The van der Waals surface area contributed by atoms with Crippen LogP contribution in [0, 0.1) is 9.39 Å². The van der Waals surface area contributed by atoms with E-state index in [9.17, 15) is 9.18 Å². The number of hydrogen-bond acceptors (Lipinski definition) is 5. The molecular weight excluding hydrogens is 637 g/mol. The summed E-state index contributed by atoms with van der Waals surface area (Å²) < 4.78 is 25.7. The average Bonchev–Trinajstić information content (AvgIpc) is 3.15. The molecule has 0 atom stereocenters. The summed E-state index contributed by atoms with van der Waals surface area (Å²) in [4.78, 5) is 19.7. The van der Waals surface area contributed by atoms with Crippen molar-refractivity contribution >= 4 is 80.4 Å². The van der Waals surface area contributed by atoms with E-state index in [-0.39, 0.29) is 18.3 Å². The molecule has 0 spiro atoms. The lowest BCUT2D eigenvalue weighted by Crippen LogP contribution is -2.28. The second kappa shape index (κ2) is 11.9. The fraction of sp³-hybridized carbons (Fsp3) is 0.154. The minimum Gasteiger partial charge on any atom is -0.493 e. The van der Waals surface area contributed by atoms with Gasteiger partial charge >= 0.3 is 0 Å². The topological polar surface area (TPSA) is 51.1 Å². The maximum Gasteiger partial charge on any atom is 0.266 e. The van der Waals surface area contributed by atoms with Crippen LogP contribution in [-0.2, 0) is 11.4 Å². The standard InChI is InChI=1S/C26H20Cl2FIN2O3S/c1-3-32-25(33)23(36-26(32)31-18-7-5-17(29)6-8-18)13-16-11-21(30)24(22(12-16)34-2)35-14-15-4-9-19(27)20(28)10-15/h4-13H,3,14H2,1-2H3/b23-13+,31-26?. The molecule has 0 N–H and O–H groups in total. The number of halogens is 4. The number of likely N-dealkylation sites (N-methyl/N-ethyl adjacent to an activating group) is 1. The molecule has 1 heterocycles. The second-order valence-electron chi connectivity index (χ2n) is 7.60. The van der Waals surface area contributed by atoms with Gasteiger partial charge in [0.25, 0.3) is 5.91 Å². The highest BCUT2D eigenvalue weighted by Crippen LogP contribution is 2.38. The van der Waals surface area contributed by atoms with E-state index in [1.54, 1.807) is 42.4 Å². The van der Waals surface area contributed by atoms with Crippen molar-refractivity contribution in [2.45, 2.75) is 13.5 Å².